The summed E-state index contributed by atoms with van der Waals surface area (Å²) in [7, 11) is 0. The number of hydrogen-bond donors (Lipinski definition) is 3. The Labute approximate surface area is 142 Å². The van der Waals surface area contributed by atoms with E-state index in [4.69, 9.17) is 0 Å². The van der Waals surface area contributed by atoms with Crippen LogP contribution in [0.1, 0.15) is 45.1 Å². The van der Waals surface area contributed by atoms with Crippen LogP contribution in [0.25, 0.3) is 0 Å². The molecule has 0 radical (unpaired) electrons. The molecule has 0 fully saturated rings. The number of carbonyl (C=O) groups is 2. The fourth-order valence-corrected chi connectivity index (χ4v) is 2.21. The molecule has 0 aliphatic rings. The summed E-state index contributed by atoms with van der Waals surface area (Å²) in [4.78, 5) is 31.6. The molecule has 1 aromatic heterocycles. The highest BCUT2D eigenvalue weighted by Crippen LogP contribution is 2.21. The lowest BCUT2D eigenvalue weighted by atomic mass is 9.86. The summed E-state index contributed by atoms with van der Waals surface area (Å²) in [6.07, 6.45) is 4.29. The predicted molar refractivity (Wildman–Crippen MR) is 91.3 cm³/mol. The van der Waals surface area contributed by atoms with Crippen LogP contribution >= 0.6 is 0 Å². The standard InChI is InChI=1S/C17H26N4O3/c1-10(2)13(21-15(22)12-9-18-7-8-19-12)11(3)20-14(16(23)24)17(4,5)6/h7-10,13-14,20H,3H2,1-2,4-6H3,(H,21,22)(H,23,24)/t13-,14+/m0/s1. The van der Waals surface area contributed by atoms with Crippen molar-refractivity contribution in [1.82, 2.24) is 20.6 Å². The third kappa shape index (κ3) is 5.33. The molecule has 3 N–H and O–H groups in total. The molecule has 0 aliphatic carbocycles. The van der Waals surface area contributed by atoms with E-state index in [1.54, 1.807) is 0 Å². The Morgan fingerprint density at radius 3 is 2.25 bits per heavy atom. The topological polar surface area (TPSA) is 104 Å². The molecule has 7 nitrogen and oxygen atoms in total. The number of aromatic nitrogens is 2. The largest absolute Gasteiger partial charge is 0.480 e. The molecule has 1 rings (SSSR count). The number of carbonyl (C=O) groups excluding carboxylic acids is 1. The number of rotatable bonds is 7. The monoisotopic (exact) mass is 334 g/mol. The average molecular weight is 334 g/mol. The second kappa shape index (κ2) is 7.90. The van der Waals surface area contributed by atoms with Gasteiger partial charge in [0.15, 0.2) is 0 Å². The van der Waals surface area contributed by atoms with E-state index in [1.165, 1.54) is 18.6 Å². The zero-order valence-electron chi connectivity index (χ0n) is 14.8. The minimum atomic E-state index is -0.966. The van der Waals surface area contributed by atoms with Gasteiger partial charge in [0.2, 0.25) is 0 Å². The smallest absolute Gasteiger partial charge is 0.326 e. The van der Waals surface area contributed by atoms with Crippen LogP contribution in [0, 0.1) is 11.3 Å². The maximum Gasteiger partial charge on any atom is 0.326 e. The number of aliphatic carboxylic acids is 1. The summed E-state index contributed by atoms with van der Waals surface area (Å²) in [5.41, 5.74) is 0.136. The van der Waals surface area contributed by atoms with Crippen molar-refractivity contribution in [2.75, 3.05) is 0 Å². The lowest BCUT2D eigenvalue weighted by molar-refractivity contribution is -0.142. The van der Waals surface area contributed by atoms with E-state index in [1.807, 2.05) is 34.6 Å². The van der Waals surface area contributed by atoms with Crippen LogP contribution < -0.4 is 10.6 Å². The summed E-state index contributed by atoms with van der Waals surface area (Å²) < 4.78 is 0. The zero-order valence-corrected chi connectivity index (χ0v) is 14.8. The Morgan fingerprint density at radius 2 is 1.83 bits per heavy atom. The van der Waals surface area contributed by atoms with Crippen molar-refractivity contribution in [1.29, 1.82) is 0 Å². The van der Waals surface area contributed by atoms with E-state index in [9.17, 15) is 14.7 Å². The zero-order chi connectivity index (χ0) is 18.5. The summed E-state index contributed by atoms with van der Waals surface area (Å²) in [6, 6.07) is -1.26. The van der Waals surface area contributed by atoms with E-state index in [0.717, 1.165) is 0 Å². The molecule has 0 spiro atoms. The molecule has 0 aliphatic heterocycles. The maximum atomic E-state index is 12.3. The Hall–Kier alpha value is -2.44. The molecule has 0 aromatic carbocycles. The van der Waals surface area contributed by atoms with Crippen LogP contribution in [0.4, 0.5) is 0 Å². The molecule has 0 bridgehead atoms. The van der Waals surface area contributed by atoms with Crippen LogP contribution in [-0.4, -0.2) is 39.0 Å². The average Bonchev–Trinajstić information content (AvgIpc) is 2.48. The Balaban J connectivity index is 2.90. The second-order valence-electron chi connectivity index (χ2n) is 7.09. The van der Waals surface area contributed by atoms with E-state index >= 15 is 0 Å². The number of amides is 1. The number of carboxylic acid groups (broad SMARTS) is 1. The number of nitrogens with zero attached hydrogens (tertiary/aromatic N) is 2. The van der Waals surface area contributed by atoms with Crippen molar-refractivity contribution >= 4 is 11.9 Å². The second-order valence-corrected chi connectivity index (χ2v) is 7.09. The highest BCUT2D eigenvalue weighted by molar-refractivity contribution is 5.92. The lowest BCUT2D eigenvalue weighted by Gasteiger charge is -2.33. The molecular formula is C17H26N4O3. The van der Waals surface area contributed by atoms with Crippen molar-refractivity contribution in [2.45, 2.75) is 46.7 Å². The quantitative estimate of drug-likeness (QED) is 0.703. The molecule has 1 heterocycles. The van der Waals surface area contributed by atoms with Crippen molar-refractivity contribution in [3.05, 3.63) is 36.6 Å². The fraction of sp³-hybridized carbons (Fsp3) is 0.529. The Kier molecular flexibility index (Phi) is 6.45. The van der Waals surface area contributed by atoms with Crippen LogP contribution in [0.15, 0.2) is 30.9 Å². The number of nitrogens with one attached hydrogen (secondary N) is 2. The third-order valence-corrected chi connectivity index (χ3v) is 3.57. The van der Waals surface area contributed by atoms with E-state index in [-0.39, 0.29) is 17.5 Å². The van der Waals surface area contributed by atoms with Gasteiger partial charge in [-0.05, 0) is 11.3 Å². The molecule has 2 atom stereocenters. The van der Waals surface area contributed by atoms with Gasteiger partial charge in [0.1, 0.15) is 11.7 Å². The summed E-state index contributed by atoms with van der Waals surface area (Å²) in [5.74, 6) is -1.33. The molecule has 0 saturated carbocycles. The van der Waals surface area contributed by atoms with E-state index in [2.05, 4.69) is 27.2 Å². The van der Waals surface area contributed by atoms with Crippen LogP contribution in [0.5, 0.6) is 0 Å². The first-order valence-electron chi connectivity index (χ1n) is 7.79. The van der Waals surface area contributed by atoms with Gasteiger partial charge in [0.25, 0.3) is 5.91 Å². The summed E-state index contributed by atoms with van der Waals surface area (Å²) in [5, 5.41) is 15.2. The summed E-state index contributed by atoms with van der Waals surface area (Å²) >= 11 is 0. The van der Waals surface area contributed by atoms with Gasteiger partial charge in [-0.3, -0.25) is 9.78 Å². The highest BCUT2D eigenvalue weighted by atomic mass is 16.4. The lowest BCUT2D eigenvalue weighted by Crippen LogP contribution is -2.51. The molecule has 1 aromatic rings. The number of hydrogen-bond acceptors (Lipinski definition) is 5. The van der Waals surface area contributed by atoms with Gasteiger partial charge < -0.3 is 15.7 Å². The van der Waals surface area contributed by atoms with Gasteiger partial charge >= 0.3 is 5.97 Å². The first-order valence-corrected chi connectivity index (χ1v) is 7.79. The van der Waals surface area contributed by atoms with Gasteiger partial charge in [-0.1, -0.05) is 41.2 Å². The minimum Gasteiger partial charge on any atom is -0.480 e. The molecular weight excluding hydrogens is 308 g/mol. The summed E-state index contributed by atoms with van der Waals surface area (Å²) in [6.45, 7) is 13.3. The molecule has 0 unspecified atom stereocenters. The van der Waals surface area contributed by atoms with Gasteiger partial charge in [0, 0.05) is 18.1 Å². The first kappa shape index (κ1) is 19.6. The molecule has 7 heteroatoms. The third-order valence-electron chi connectivity index (χ3n) is 3.57. The molecule has 1 amide bonds. The van der Waals surface area contributed by atoms with Crippen molar-refractivity contribution in [3.63, 3.8) is 0 Å². The number of carboxylic acids is 1. The maximum absolute atomic E-state index is 12.3. The predicted octanol–water partition coefficient (Wildman–Crippen LogP) is 1.83. The first-order chi connectivity index (χ1) is 11.0. The van der Waals surface area contributed by atoms with Crippen LogP contribution in [-0.2, 0) is 4.79 Å². The molecule has 0 saturated heterocycles. The van der Waals surface area contributed by atoms with Crippen LogP contribution in [0.2, 0.25) is 0 Å². The van der Waals surface area contributed by atoms with Crippen LogP contribution in [0.3, 0.4) is 0 Å². The van der Waals surface area contributed by atoms with Gasteiger partial charge in [-0.25, -0.2) is 9.78 Å². The van der Waals surface area contributed by atoms with Gasteiger partial charge in [-0.15, -0.1) is 0 Å². The minimum absolute atomic E-state index is 0.0139. The Morgan fingerprint density at radius 1 is 1.21 bits per heavy atom. The van der Waals surface area contributed by atoms with Gasteiger partial charge in [-0.2, -0.15) is 0 Å². The highest BCUT2D eigenvalue weighted by Gasteiger charge is 2.33. The van der Waals surface area contributed by atoms with Crippen molar-refractivity contribution in [3.8, 4) is 0 Å². The fourth-order valence-electron chi connectivity index (χ4n) is 2.21. The molecule has 24 heavy (non-hydrogen) atoms. The van der Waals surface area contributed by atoms with Crippen molar-refractivity contribution < 1.29 is 14.7 Å². The Bertz CT molecular complexity index is 594. The van der Waals surface area contributed by atoms with E-state index in [0.29, 0.717) is 5.70 Å². The van der Waals surface area contributed by atoms with Crippen molar-refractivity contribution in [2.24, 2.45) is 11.3 Å². The SMILES string of the molecule is C=C(N[C@H](C(=O)O)C(C)(C)C)[C@@H](NC(=O)c1cnccn1)C(C)C. The van der Waals surface area contributed by atoms with Gasteiger partial charge in [0.05, 0.1) is 12.2 Å². The molecule has 132 valence electrons. The normalized spacial score (nSPS) is 13.9. The van der Waals surface area contributed by atoms with E-state index < -0.39 is 23.5 Å².